The molecule has 6 nitrogen and oxygen atoms in total. The lowest BCUT2D eigenvalue weighted by Crippen LogP contribution is -2.36. The predicted molar refractivity (Wildman–Crippen MR) is 119 cm³/mol. The molecule has 0 amide bonds. The zero-order valence-electron chi connectivity index (χ0n) is 18.4. The number of esters is 1. The van der Waals surface area contributed by atoms with Gasteiger partial charge < -0.3 is 19.0 Å². The molecule has 1 aliphatic heterocycles. The number of unbranched alkanes of at least 4 members (excludes halogenated alkanes) is 1. The van der Waals surface area contributed by atoms with E-state index in [-0.39, 0.29) is 12.2 Å². The van der Waals surface area contributed by atoms with Gasteiger partial charge in [-0.05, 0) is 65.2 Å². The minimum atomic E-state index is -0.759. The van der Waals surface area contributed by atoms with Gasteiger partial charge in [0.2, 0.25) is 0 Å². The van der Waals surface area contributed by atoms with Gasteiger partial charge in [0.05, 0.1) is 0 Å². The maximum Gasteiger partial charge on any atom is 0.347 e. The molecule has 3 atom stereocenters. The Morgan fingerprint density at radius 1 is 1.33 bits per heavy atom. The van der Waals surface area contributed by atoms with Crippen molar-refractivity contribution in [2.45, 2.75) is 84.2 Å². The second kappa shape index (κ2) is 9.69. The Morgan fingerprint density at radius 2 is 2.07 bits per heavy atom. The Bertz CT molecular complexity index is 784. The van der Waals surface area contributed by atoms with Crippen LogP contribution in [0.4, 0.5) is 0 Å². The van der Waals surface area contributed by atoms with Crippen LogP contribution in [0.3, 0.4) is 0 Å². The van der Waals surface area contributed by atoms with E-state index in [0.29, 0.717) is 18.3 Å². The summed E-state index contributed by atoms with van der Waals surface area (Å²) in [6.07, 6.45) is 3.26. The predicted octanol–water partition coefficient (Wildman–Crippen LogP) is 5.26. The van der Waals surface area contributed by atoms with Crippen molar-refractivity contribution < 1.29 is 23.8 Å². The van der Waals surface area contributed by atoms with Crippen LogP contribution in [0.15, 0.2) is 27.8 Å². The van der Waals surface area contributed by atoms with Gasteiger partial charge in [-0.1, -0.05) is 34.4 Å². The number of rotatable bonds is 9. The number of carbonyl (C=O) groups is 1. The van der Waals surface area contributed by atoms with Crippen LogP contribution < -0.4 is 4.74 Å². The standard InChI is InChI=1S/C23H32BrNO5/c1-6-7-12-27-21-19(25-30-20(21)15-8-9-15)17-13-16(24)10-11-18(17)28-14(2)22(26)29-23(3,4)5/h10-11,13-15,20-21H,6-9,12H2,1-5H3/t14-,20?,21?/m0/s1. The van der Waals surface area contributed by atoms with Gasteiger partial charge in [0.15, 0.2) is 12.2 Å². The Morgan fingerprint density at radius 3 is 2.70 bits per heavy atom. The number of carbonyl (C=O) groups excluding carboxylic acids is 1. The highest BCUT2D eigenvalue weighted by atomic mass is 79.9. The first-order chi connectivity index (χ1) is 14.2. The Labute approximate surface area is 187 Å². The van der Waals surface area contributed by atoms with E-state index in [9.17, 15) is 4.79 Å². The molecule has 3 rings (SSSR count). The molecule has 2 unspecified atom stereocenters. The molecule has 0 spiro atoms. The molecule has 0 aromatic heterocycles. The zero-order valence-corrected chi connectivity index (χ0v) is 20.0. The van der Waals surface area contributed by atoms with E-state index in [0.717, 1.165) is 41.4 Å². The number of nitrogens with zero attached hydrogens (tertiary/aromatic N) is 1. The van der Waals surface area contributed by atoms with Gasteiger partial charge in [-0.3, -0.25) is 0 Å². The highest BCUT2D eigenvalue weighted by Crippen LogP contribution is 2.41. The van der Waals surface area contributed by atoms with Gasteiger partial charge in [0.1, 0.15) is 23.2 Å². The SMILES string of the molecule is CCCCOC1C(c2cc(Br)ccc2O[C@@H](C)C(=O)OC(C)(C)C)=NOC1C1CC1. The number of halogens is 1. The van der Waals surface area contributed by atoms with Crippen LogP contribution in [0, 0.1) is 5.92 Å². The molecule has 1 fully saturated rings. The molecule has 1 aromatic rings. The van der Waals surface area contributed by atoms with Gasteiger partial charge >= 0.3 is 5.97 Å². The van der Waals surface area contributed by atoms with E-state index in [1.54, 1.807) is 6.92 Å². The number of oxime groups is 1. The van der Waals surface area contributed by atoms with E-state index in [2.05, 4.69) is 28.0 Å². The smallest absolute Gasteiger partial charge is 0.347 e. The molecule has 1 aliphatic carbocycles. The highest BCUT2D eigenvalue weighted by molar-refractivity contribution is 9.10. The number of hydrogen-bond acceptors (Lipinski definition) is 6. The number of hydrogen-bond donors (Lipinski definition) is 0. The van der Waals surface area contributed by atoms with Crippen LogP contribution in [0.1, 0.15) is 65.9 Å². The molecule has 0 radical (unpaired) electrons. The maximum absolute atomic E-state index is 12.4. The van der Waals surface area contributed by atoms with Crippen molar-refractivity contribution >= 4 is 27.6 Å². The van der Waals surface area contributed by atoms with Gasteiger partial charge in [-0.15, -0.1) is 0 Å². The monoisotopic (exact) mass is 481 g/mol. The van der Waals surface area contributed by atoms with Gasteiger partial charge in [0.25, 0.3) is 0 Å². The van der Waals surface area contributed by atoms with Crippen LogP contribution in [0.25, 0.3) is 0 Å². The first-order valence-electron chi connectivity index (χ1n) is 10.7. The quantitative estimate of drug-likeness (QED) is 0.355. The van der Waals surface area contributed by atoms with E-state index < -0.39 is 17.7 Å². The largest absolute Gasteiger partial charge is 0.478 e. The summed E-state index contributed by atoms with van der Waals surface area (Å²) in [4.78, 5) is 18.2. The van der Waals surface area contributed by atoms with Crippen LogP contribution in [0.5, 0.6) is 5.75 Å². The van der Waals surface area contributed by atoms with Gasteiger partial charge in [0, 0.05) is 22.6 Å². The maximum atomic E-state index is 12.4. The van der Waals surface area contributed by atoms with Gasteiger partial charge in [-0.25, -0.2) is 4.79 Å². The molecule has 2 aliphatic rings. The van der Waals surface area contributed by atoms with Crippen molar-refractivity contribution in [2.24, 2.45) is 11.1 Å². The van der Waals surface area contributed by atoms with Crippen LogP contribution in [0.2, 0.25) is 0 Å². The van der Waals surface area contributed by atoms with Crippen molar-refractivity contribution in [2.75, 3.05) is 6.61 Å². The normalized spacial score (nSPS) is 22.3. The third kappa shape index (κ3) is 5.97. The molecule has 0 N–H and O–H groups in total. The fourth-order valence-electron chi connectivity index (χ4n) is 3.30. The Balaban J connectivity index is 1.82. The van der Waals surface area contributed by atoms with E-state index >= 15 is 0 Å². The van der Waals surface area contributed by atoms with Crippen LogP contribution in [-0.4, -0.2) is 42.2 Å². The topological polar surface area (TPSA) is 66.4 Å². The zero-order chi connectivity index (χ0) is 21.9. The van der Waals surface area contributed by atoms with Crippen molar-refractivity contribution in [1.29, 1.82) is 0 Å². The molecule has 1 aromatic carbocycles. The molecule has 0 saturated heterocycles. The average molecular weight is 482 g/mol. The van der Waals surface area contributed by atoms with Crippen molar-refractivity contribution in [1.82, 2.24) is 0 Å². The van der Waals surface area contributed by atoms with E-state index in [4.69, 9.17) is 19.0 Å². The molecule has 30 heavy (non-hydrogen) atoms. The van der Waals surface area contributed by atoms with Crippen molar-refractivity contribution in [3.63, 3.8) is 0 Å². The second-order valence-electron chi connectivity index (χ2n) is 8.96. The van der Waals surface area contributed by atoms with Crippen LogP contribution in [-0.2, 0) is 19.1 Å². The number of benzene rings is 1. The lowest BCUT2D eigenvalue weighted by atomic mass is 9.98. The van der Waals surface area contributed by atoms with Gasteiger partial charge in [-0.2, -0.15) is 0 Å². The third-order valence-electron chi connectivity index (χ3n) is 4.98. The summed E-state index contributed by atoms with van der Waals surface area (Å²) in [5.74, 6) is 0.627. The molecule has 166 valence electrons. The average Bonchev–Trinajstić information content (AvgIpc) is 3.42. The molecular formula is C23H32BrNO5. The summed E-state index contributed by atoms with van der Waals surface area (Å²) in [6, 6.07) is 5.64. The number of ether oxygens (including phenoxy) is 3. The van der Waals surface area contributed by atoms with Crippen LogP contribution >= 0.6 is 15.9 Å². The first-order valence-corrected chi connectivity index (χ1v) is 11.5. The minimum absolute atomic E-state index is 0.0630. The van der Waals surface area contributed by atoms with Crippen molar-refractivity contribution in [3.8, 4) is 5.75 Å². The molecular weight excluding hydrogens is 450 g/mol. The summed E-state index contributed by atoms with van der Waals surface area (Å²) in [5, 5.41) is 4.40. The summed E-state index contributed by atoms with van der Waals surface area (Å²) < 4.78 is 18.6. The fourth-order valence-corrected chi connectivity index (χ4v) is 3.66. The molecule has 1 saturated carbocycles. The molecule has 1 heterocycles. The van der Waals surface area contributed by atoms with E-state index in [1.165, 1.54) is 0 Å². The lowest BCUT2D eigenvalue weighted by Gasteiger charge is -2.24. The van der Waals surface area contributed by atoms with Crippen molar-refractivity contribution in [3.05, 3.63) is 28.2 Å². The van der Waals surface area contributed by atoms with E-state index in [1.807, 2.05) is 39.0 Å². The lowest BCUT2D eigenvalue weighted by molar-refractivity contribution is -0.162. The summed E-state index contributed by atoms with van der Waals surface area (Å²) in [6.45, 7) is 10.00. The Hall–Kier alpha value is -1.60. The first kappa shape index (κ1) is 23.1. The summed E-state index contributed by atoms with van der Waals surface area (Å²) >= 11 is 3.53. The molecule has 0 bridgehead atoms. The summed E-state index contributed by atoms with van der Waals surface area (Å²) in [7, 11) is 0. The Kier molecular flexibility index (Phi) is 7.45. The molecule has 7 heteroatoms. The second-order valence-corrected chi connectivity index (χ2v) is 9.88. The fraction of sp³-hybridized carbons (Fsp3) is 0.652. The highest BCUT2D eigenvalue weighted by Gasteiger charge is 2.46. The summed E-state index contributed by atoms with van der Waals surface area (Å²) in [5.41, 5.74) is 0.913. The third-order valence-corrected chi connectivity index (χ3v) is 5.48. The minimum Gasteiger partial charge on any atom is -0.478 e.